The van der Waals surface area contributed by atoms with Crippen LogP contribution >= 0.6 is 0 Å². The van der Waals surface area contributed by atoms with E-state index in [1.807, 2.05) is 37.9 Å². The first-order valence-electron chi connectivity index (χ1n) is 16.6. The van der Waals surface area contributed by atoms with Crippen molar-refractivity contribution in [3.63, 3.8) is 0 Å². The third kappa shape index (κ3) is 4.57. The second-order valence-corrected chi connectivity index (χ2v) is 13.4. The highest BCUT2D eigenvalue weighted by molar-refractivity contribution is 6.45. The van der Waals surface area contributed by atoms with Crippen molar-refractivity contribution in [3.8, 4) is 34.8 Å². The number of piperazine rings is 1. The number of aromatic hydroxyl groups is 2. The number of methoxy groups -OCH3 is 3. The van der Waals surface area contributed by atoms with E-state index < -0.39 is 35.9 Å². The highest BCUT2D eigenvalue weighted by Crippen LogP contribution is 2.57. The summed E-state index contributed by atoms with van der Waals surface area (Å²) in [6.45, 7) is 5.65. The number of phenolic OH excluding ortho intramolecular Hbond substituents is 2. The van der Waals surface area contributed by atoms with E-state index in [2.05, 4.69) is 21.3 Å². The minimum atomic E-state index is -0.814. The lowest BCUT2D eigenvalue weighted by atomic mass is 9.70. The van der Waals surface area contributed by atoms with Gasteiger partial charge in [-0.15, -0.1) is 0 Å². The van der Waals surface area contributed by atoms with E-state index in [0.717, 1.165) is 27.8 Å². The second-order valence-electron chi connectivity index (χ2n) is 13.4. The number of nitrogens with one attached hydrogen (secondary N) is 2. The van der Waals surface area contributed by atoms with Crippen LogP contribution < -0.4 is 19.5 Å². The summed E-state index contributed by atoms with van der Waals surface area (Å²) in [5.41, 5.74) is 6.35. The molecule has 5 atom stereocenters. The number of hydrogen-bond donors (Lipinski definition) is 4. The van der Waals surface area contributed by atoms with Gasteiger partial charge in [-0.25, -0.2) is 0 Å². The number of hydrogen-bond acceptors (Lipinski definition) is 10. The molecule has 0 saturated carbocycles. The zero-order valence-electron chi connectivity index (χ0n) is 29.2. The predicted octanol–water partition coefficient (Wildman–Crippen LogP) is 4.30. The Morgan fingerprint density at radius 2 is 1.56 bits per heavy atom. The van der Waals surface area contributed by atoms with Gasteiger partial charge in [0, 0.05) is 58.0 Å². The van der Waals surface area contributed by atoms with Crippen LogP contribution in [0.25, 0.3) is 10.9 Å². The number of ether oxygens (including phenoxy) is 3. The molecule has 1 aromatic heterocycles. The van der Waals surface area contributed by atoms with Gasteiger partial charge in [-0.2, -0.15) is 5.26 Å². The monoisotopic (exact) mass is 679 g/mol. The molecule has 3 aliphatic rings. The molecule has 260 valence electrons. The van der Waals surface area contributed by atoms with E-state index in [1.54, 1.807) is 33.3 Å². The first kappa shape index (κ1) is 33.3. The van der Waals surface area contributed by atoms with Gasteiger partial charge in [-0.1, -0.05) is 18.2 Å². The Kier molecular flexibility index (Phi) is 8.16. The van der Waals surface area contributed by atoms with Crippen molar-refractivity contribution >= 4 is 22.6 Å². The van der Waals surface area contributed by atoms with Crippen LogP contribution in [0.15, 0.2) is 30.5 Å². The van der Waals surface area contributed by atoms with Crippen LogP contribution in [0, 0.1) is 32.1 Å². The number of phenols is 2. The summed E-state index contributed by atoms with van der Waals surface area (Å²) in [6, 6.07) is 7.25. The zero-order valence-corrected chi connectivity index (χ0v) is 29.2. The number of amides is 1. The van der Waals surface area contributed by atoms with Crippen molar-refractivity contribution in [2.24, 2.45) is 0 Å². The summed E-state index contributed by atoms with van der Waals surface area (Å²) in [6.07, 6.45) is 2.37. The molecule has 4 heterocycles. The highest BCUT2D eigenvalue weighted by atomic mass is 16.5. The van der Waals surface area contributed by atoms with Crippen LogP contribution in [0.4, 0.5) is 0 Å². The number of ketones is 1. The number of carbonyl (C=O) groups excluding carboxylic acids is 2. The average Bonchev–Trinajstić information content (AvgIpc) is 3.54. The maximum absolute atomic E-state index is 13.6. The van der Waals surface area contributed by atoms with Gasteiger partial charge >= 0.3 is 0 Å². The SMILES string of the molecule is COc1c(C)c(C)c2c(c1O)[C@@H]1[C@@H]3Cc4c(OC)c(C)c(OC)c(O)c4[C@H](CNC(=O)C(=O)c4c[nH]c5ccccc45)N3[C@@H](C#N)[C@H](C2)N1C. The third-order valence-corrected chi connectivity index (χ3v) is 11.4. The van der Waals surface area contributed by atoms with Crippen LogP contribution in [0.5, 0.6) is 28.7 Å². The molecule has 1 amide bonds. The number of fused-ring (bicyclic) bond motifs is 8. The number of H-pyrrole nitrogens is 1. The molecule has 0 aliphatic carbocycles. The summed E-state index contributed by atoms with van der Waals surface area (Å²) in [5, 5.41) is 38.0. The molecule has 7 rings (SSSR count). The van der Waals surface area contributed by atoms with Gasteiger partial charge in [0.25, 0.3) is 11.7 Å². The number of nitrogens with zero attached hydrogens (tertiary/aromatic N) is 3. The van der Waals surface area contributed by atoms with Gasteiger partial charge in [0.1, 0.15) is 11.8 Å². The Labute approximate surface area is 290 Å². The molecule has 1 saturated heterocycles. The standard InChI is InChI=1S/C38H41N5O7/c1-17-18(2)36(49-6)34(46)30-21(17)12-25-27(14-39)43-26(31(30)42(25)4)13-22-29(33(45)37(50-7)19(3)35(22)48-5)28(43)16-41-38(47)32(44)23-15-40-24-11-9-8-10-20(23)24/h8-11,15,25-28,31,40,45-46H,12-13,16H2,1-7H3,(H,41,47)/t25-,26-,27-,28-,31-/m0/s1. The fourth-order valence-electron chi connectivity index (χ4n) is 9.00. The van der Waals surface area contributed by atoms with Crippen molar-refractivity contribution in [2.45, 2.75) is 63.8 Å². The summed E-state index contributed by atoms with van der Waals surface area (Å²) in [7, 11) is 6.54. The molecule has 4 N–H and O–H groups in total. The van der Waals surface area contributed by atoms with Crippen molar-refractivity contribution in [1.82, 2.24) is 20.1 Å². The topological polar surface area (TPSA) is 160 Å². The molecular weight excluding hydrogens is 638 g/mol. The largest absolute Gasteiger partial charge is 0.504 e. The molecular formula is C38H41N5O7. The molecule has 12 heteroatoms. The first-order chi connectivity index (χ1) is 24.0. The molecule has 3 aliphatic heterocycles. The smallest absolute Gasteiger partial charge is 0.292 e. The normalized spacial score (nSPS) is 22.6. The Balaban J connectivity index is 1.39. The lowest BCUT2D eigenvalue weighted by Gasteiger charge is -2.60. The van der Waals surface area contributed by atoms with Crippen molar-refractivity contribution < 1.29 is 34.0 Å². The molecule has 4 aromatic rings. The van der Waals surface area contributed by atoms with E-state index in [9.17, 15) is 25.1 Å². The van der Waals surface area contributed by atoms with E-state index in [4.69, 9.17) is 14.2 Å². The number of aromatic amines is 1. The van der Waals surface area contributed by atoms with Crippen LogP contribution in [0.1, 0.15) is 61.4 Å². The molecule has 1 fully saturated rings. The minimum Gasteiger partial charge on any atom is -0.504 e. The zero-order chi connectivity index (χ0) is 35.8. The number of aromatic nitrogens is 1. The number of Topliss-reactive ketones (excluding diaryl/α,β-unsaturated/α-hetero) is 1. The minimum absolute atomic E-state index is 0.0666. The summed E-state index contributed by atoms with van der Waals surface area (Å²) < 4.78 is 17.3. The number of carbonyl (C=O) groups is 2. The predicted molar refractivity (Wildman–Crippen MR) is 185 cm³/mol. The number of para-hydroxylation sites is 1. The summed E-state index contributed by atoms with van der Waals surface area (Å²) >= 11 is 0. The molecule has 12 nitrogen and oxygen atoms in total. The van der Waals surface area contributed by atoms with E-state index in [0.29, 0.717) is 46.4 Å². The van der Waals surface area contributed by atoms with Gasteiger partial charge < -0.3 is 34.7 Å². The Morgan fingerprint density at radius 3 is 2.24 bits per heavy atom. The van der Waals surface area contributed by atoms with Crippen molar-refractivity contribution in [3.05, 3.63) is 75.0 Å². The summed E-state index contributed by atoms with van der Waals surface area (Å²) in [4.78, 5) is 34.4. The Morgan fingerprint density at radius 1 is 0.920 bits per heavy atom. The van der Waals surface area contributed by atoms with Gasteiger partial charge in [-0.05, 0) is 63.4 Å². The molecule has 50 heavy (non-hydrogen) atoms. The Bertz CT molecular complexity index is 2120. The molecule has 2 bridgehead atoms. The van der Waals surface area contributed by atoms with E-state index in [-0.39, 0.29) is 35.4 Å². The molecule has 0 radical (unpaired) electrons. The van der Waals surface area contributed by atoms with Crippen LogP contribution in [0.2, 0.25) is 0 Å². The van der Waals surface area contributed by atoms with Gasteiger partial charge in [0.05, 0.1) is 45.0 Å². The lowest BCUT2D eigenvalue weighted by Crippen LogP contribution is -2.69. The second kappa shape index (κ2) is 12.3. The van der Waals surface area contributed by atoms with Crippen LogP contribution in [-0.4, -0.2) is 89.7 Å². The fraction of sp³-hybridized carbons (Fsp3) is 0.395. The number of rotatable bonds is 7. The average molecular weight is 680 g/mol. The Hall–Kier alpha value is -5.25. The first-order valence-corrected chi connectivity index (χ1v) is 16.6. The van der Waals surface area contributed by atoms with Crippen LogP contribution in [-0.2, 0) is 17.6 Å². The van der Waals surface area contributed by atoms with Crippen LogP contribution in [0.3, 0.4) is 0 Å². The van der Waals surface area contributed by atoms with Gasteiger partial charge in [0.2, 0.25) is 0 Å². The van der Waals surface area contributed by atoms with Gasteiger partial charge in [0.15, 0.2) is 23.0 Å². The highest BCUT2D eigenvalue weighted by Gasteiger charge is 2.56. The maximum atomic E-state index is 13.6. The number of benzene rings is 3. The maximum Gasteiger partial charge on any atom is 0.292 e. The number of likely N-dealkylation sites (N-methyl/N-ethyl adjacent to an activating group) is 1. The van der Waals surface area contributed by atoms with Gasteiger partial charge in [-0.3, -0.25) is 19.4 Å². The lowest BCUT2D eigenvalue weighted by molar-refractivity contribution is -0.118. The molecule has 3 aromatic carbocycles. The van der Waals surface area contributed by atoms with Crippen molar-refractivity contribution in [1.29, 1.82) is 5.26 Å². The fourth-order valence-corrected chi connectivity index (χ4v) is 9.00. The van der Waals surface area contributed by atoms with E-state index in [1.165, 1.54) is 13.3 Å². The molecule has 0 spiro atoms. The number of nitriles is 1. The summed E-state index contributed by atoms with van der Waals surface area (Å²) in [5.74, 6) is -0.402. The van der Waals surface area contributed by atoms with E-state index >= 15 is 0 Å². The quantitative estimate of drug-likeness (QED) is 0.164. The van der Waals surface area contributed by atoms with Crippen molar-refractivity contribution in [2.75, 3.05) is 34.9 Å². The third-order valence-electron chi connectivity index (χ3n) is 11.4. The molecule has 0 unspecified atom stereocenters.